The zero-order valence-corrected chi connectivity index (χ0v) is 9.33. The number of Topliss-reactive ketones (excluding diaryl/α,β-unsaturated/α-hetero) is 1. The molecule has 0 heterocycles. The Hall–Kier alpha value is 0.634. The average Bonchev–Trinajstić information content (AvgIpc) is 1.83. The van der Waals surface area contributed by atoms with E-state index in [9.17, 15) is 14.2 Å². The van der Waals surface area contributed by atoms with Gasteiger partial charge in [-0.25, -0.2) is 0 Å². The van der Waals surface area contributed by atoms with Crippen LogP contribution in [-0.2, 0) is 51.4 Å². The molecule has 4 nitrogen and oxygen atoms in total. The Morgan fingerprint density at radius 1 is 1.70 bits per heavy atom. The first-order valence-electron chi connectivity index (χ1n) is 2.28. The Kier molecular flexibility index (Phi) is 10.2. The van der Waals surface area contributed by atoms with Crippen LogP contribution in [0.3, 0.4) is 0 Å². The van der Waals surface area contributed by atoms with Gasteiger partial charge in [0.2, 0.25) is 5.78 Å². The van der Waals surface area contributed by atoms with Crippen molar-refractivity contribution in [3.63, 3.8) is 0 Å². The minimum Gasteiger partial charge on any atom is -0.322 e. The Morgan fingerprint density at radius 3 is 2.50 bits per heavy atom. The molecular weight excluding hydrogens is 232 g/mol. The molecule has 0 rings (SSSR count). The molecule has 0 amide bonds. The zero-order valence-electron chi connectivity index (χ0n) is 5.49. The number of ketones is 1. The van der Waals surface area contributed by atoms with Crippen LogP contribution in [0.4, 0.5) is 0 Å². The number of aldehydes is 1. The van der Waals surface area contributed by atoms with Crippen LogP contribution >= 0.6 is 8.03 Å². The van der Waals surface area contributed by atoms with Gasteiger partial charge in [-0.1, -0.05) is 0 Å². The van der Waals surface area contributed by atoms with Crippen LogP contribution in [0.5, 0.6) is 0 Å². The van der Waals surface area contributed by atoms with Crippen LogP contribution in [0.2, 0.25) is 0 Å². The average molecular weight is 239 g/mol. The number of hydrogen-bond donors (Lipinski definition) is 0. The first-order valence-corrected chi connectivity index (χ1v) is 4.10. The van der Waals surface area contributed by atoms with Crippen LogP contribution in [0, 0.1) is 0 Å². The molecule has 0 aliphatic carbocycles. The van der Waals surface area contributed by atoms with Gasteiger partial charge in [0, 0.05) is 39.4 Å². The molecule has 0 aromatic heterocycles. The molecular formula is C4H7O4PY. The smallest absolute Gasteiger partial charge is 0.221 e. The molecule has 0 bridgehead atoms. The van der Waals surface area contributed by atoms with Crippen LogP contribution < -0.4 is 0 Å². The van der Waals surface area contributed by atoms with Crippen LogP contribution in [-0.4, -0.2) is 25.3 Å². The van der Waals surface area contributed by atoms with Gasteiger partial charge in [-0.2, -0.15) is 0 Å². The minimum atomic E-state index is -2.07. The largest absolute Gasteiger partial charge is 0.322 e. The summed E-state index contributed by atoms with van der Waals surface area (Å²) in [7, 11) is -2.07. The summed E-state index contributed by atoms with van der Waals surface area (Å²) in [4.78, 5) is 19.7. The third kappa shape index (κ3) is 8.63. The fourth-order valence-electron chi connectivity index (χ4n) is 0.207. The van der Waals surface area contributed by atoms with E-state index in [0.29, 0.717) is 0 Å². The van der Waals surface area contributed by atoms with E-state index in [2.05, 4.69) is 4.52 Å². The summed E-state index contributed by atoms with van der Waals surface area (Å²) in [6.45, 7) is 0.987. The summed E-state index contributed by atoms with van der Waals surface area (Å²) in [6, 6.07) is 0. The van der Waals surface area contributed by atoms with E-state index in [1.54, 1.807) is 0 Å². The fourth-order valence-corrected chi connectivity index (χ4v) is 0.552. The van der Waals surface area contributed by atoms with Gasteiger partial charge in [0.25, 0.3) is 0 Å². The Bertz CT molecular complexity index is 146. The second-order valence-electron chi connectivity index (χ2n) is 1.36. The summed E-state index contributed by atoms with van der Waals surface area (Å²) in [5.74, 6) is -0.685. The monoisotopic (exact) mass is 239 g/mol. The van der Waals surface area contributed by atoms with E-state index >= 15 is 0 Å². The van der Waals surface area contributed by atoms with E-state index in [-0.39, 0.29) is 45.6 Å². The Balaban J connectivity index is 0. The summed E-state index contributed by atoms with van der Waals surface area (Å²) in [5, 5.41) is 0. The fraction of sp³-hybridized carbons (Fsp3) is 0.500. The molecule has 0 saturated heterocycles. The maximum Gasteiger partial charge on any atom is 0.221 e. The molecule has 0 aromatic carbocycles. The quantitative estimate of drug-likeness (QED) is 0.389. The van der Waals surface area contributed by atoms with E-state index in [0.717, 1.165) is 0 Å². The predicted molar refractivity (Wildman–Crippen MR) is 31.9 cm³/mol. The molecule has 55 valence electrons. The molecule has 0 aliphatic rings. The normalized spacial score (nSPS) is 11.3. The summed E-state index contributed by atoms with van der Waals surface area (Å²) in [5.41, 5.74) is 0. The second-order valence-corrected chi connectivity index (χ2v) is 2.64. The molecule has 6 heteroatoms. The maximum absolute atomic E-state index is 10.2. The number of rotatable bonds is 4. The Labute approximate surface area is 84.4 Å². The molecule has 0 fully saturated rings. The van der Waals surface area contributed by atoms with Gasteiger partial charge < -0.3 is 4.52 Å². The molecule has 0 N–H and O–H groups in total. The first kappa shape index (κ1) is 13.2. The van der Waals surface area contributed by atoms with Gasteiger partial charge in [0.15, 0.2) is 14.3 Å². The van der Waals surface area contributed by atoms with Crippen LogP contribution in [0.25, 0.3) is 0 Å². The van der Waals surface area contributed by atoms with Crippen molar-refractivity contribution < 1.29 is 51.4 Å². The molecule has 0 spiro atoms. The van der Waals surface area contributed by atoms with Gasteiger partial charge in [0.05, 0.1) is 0 Å². The number of carbonyl (C=O) groups is 2. The van der Waals surface area contributed by atoms with E-state index in [1.807, 2.05) is 0 Å². The van der Waals surface area contributed by atoms with E-state index in [4.69, 9.17) is 0 Å². The topological polar surface area (TPSA) is 60.4 Å². The summed E-state index contributed by atoms with van der Waals surface area (Å²) in [6.07, 6.45) is 0.144. The van der Waals surface area contributed by atoms with E-state index in [1.165, 1.54) is 6.66 Å². The SMILES string of the molecule is C[PH](=O)OCC(=O)C=O.[Y]. The summed E-state index contributed by atoms with van der Waals surface area (Å²) >= 11 is 0. The molecule has 10 heavy (non-hydrogen) atoms. The van der Waals surface area contributed by atoms with Gasteiger partial charge in [0.1, 0.15) is 6.61 Å². The summed E-state index contributed by atoms with van der Waals surface area (Å²) < 4.78 is 14.5. The van der Waals surface area contributed by atoms with Crippen molar-refractivity contribution in [2.45, 2.75) is 0 Å². The van der Waals surface area contributed by atoms with Gasteiger partial charge in [-0.05, 0) is 0 Å². The van der Waals surface area contributed by atoms with Crippen molar-refractivity contribution in [1.29, 1.82) is 0 Å². The van der Waals surface area contributed by atoms with Crippen molar-refractivity contribution in [2.24, 2.45) is 0 Å². The van der Waals surface area contributed by atoms with Gasteiger partial charge >= 0.3 is 0 Å². The molecule has 0 saturated carbocycles. The molecule has 1 atom stereocenters. The number of hydrogen-bond acceptors (Lipinski definition) is 4. The maximum atomic E-state index is 10.2. The van der Waals surface area contributed by atoms with Crippen molar-refractivity contribution in [1.82, 2.24) is 0 Å². The molecule has 1 unspecified atom stereocenters. The Morgan fingerprint density at radius 2 is 2.20 bits per heavy atom. The van der Waals surface area contributed by atoms with Gasteiger partial charge in [-0.15, -0.1) is 0 Å². The van der Waals surface area contributed by atoms with Crippen molar-refractivity contribution >= 4 is 20.1 Å². The van der Waals surface area contributed by atoms with Gasteiger partial charge in [-0.3, -0.25) is 14.2 Å². The van der Waals surface area contributed by atoms with Crippen LogP contribution in [0.1, 0.15) is 0 Å². The van der Waals surface area contributed by atoms with Crippen molar-refractivity contribution in [3.8, 4) is 0 Å². The second kappa shape index (κ2) is 7.74. The molecule has 0 aromatic rings. The van der Waals surface area contributed by atoms with Crippen molar-refractivity contribution in [2.75, 3.05) is 13.3 Å². The third-order valence-electron chi connectivity index (χ3n) is 0.549. The molecule has 0 aliphatic heterocycles. The van der Waals surface area contributed by atoms with E-state index < -0.39 is 13.8 Å². The minimum absolute atomic E-state index is 0. The molecule has 1 radical (unpaired) electrons. The van der Waals surface area contributed by atoms with Crippen LogP contribution in [0.15, 0.2) is 0 Å². The first-order chi connectivity index (χ1) is 4.16. The predicted octanol–water partition coefficient (Wildman–Crippen LogP) is -0.127. The third-order valence-corrected chi connectivity index (χ3v) is 1.10. The standard InChI is InChI=1S/C4H7O4P.Y/c1-9(7)8-3-4(6)2-5;/h2,9H,3H2,1H3;. The van der Waals surface area contributed by atoms with Crippen molar-refractivity contribution in [3.05, 3.63) is 0 Å². The zero-order chi connectivity index (χ0) is 7.28. The number of carbonyl (C=O) groups excluding carboxylic acids is 2.